The molecule has 108 valence electrons. The number of carbonyl (C=O) groups excluding carboxylic acids is 1. The molecule has 3 rings (SSSR count). The Morgan fingerprint density at radius 2 is 1.86 bits per heavy atom. The van der Waals surface area contributed by atoms with E-state index in [9.17, 15) is 4.79 Å². The fourth-order valence-corrected chi connectivity index (χ4v) is 3.08. The molecule has 2 aromatic carbocycles. The summed E-state index contributed by atoms with van der Waals surface area (Å²) in [5, 5.41) is 0. The maximum absolute atomic E-state index is 12.6. The van der Waals surface area contributed by atoms with Gasteiger partial charge < -0.3 is 4.74 Å². The molecule has 0 aliphatic heterocycles. The van der Waals surface area contributed by atoms with Crippen LogP contribution in [-0.4, -0.2) is 12.9 Å². The highest BCUT2D eigenvalue weighted by molar-refractivity contribution is 6.00. The second-order valence-electron chi connectivity index (χ2n) is 5.85. The first-order valence-electron chi connectivity index (χ1n) is 7.36. The van der Waals surface area contributed by atoms with Crippen molar-refractivity contribution in [3.63, 3.8) is 0 Å². The Hall–Kier alpha value is -2.09. The molecule has 0 heterocycles. The number of carbonyl (C=O) groups is 1. The van der Waals surface area contributed by atoms with Crippen LogP contribution in [0.3, 0.4) is 0 Å². The molecular weight excluding hydrogens is 260 g/mol. The highest BCUT2D eigenvalue weighted by Gasteiger charge is 2.44. The van der Waals surface area contributed by atoms with Gasteiger partial charge in [-0.05, 0) is 61.1 Å². The minimum absolute atomic E-state index is 0.138. The summed E-state index contributed by atoms with van der Waals surface area (Å²) in [5.41, 5.74) is 4.41. The van der Waals surface area contributed by atoms with Gasteiger partial charge in [-0.1, -0.05) is 24.3 Å². The second kappa shape index (κ2) is 5.36. The molecule has 0 N–H and O–H groups in total. The molecule has 1 fully saturated rings. The molecule has 0 saturated heterocycles. The second-order valence-corrected chi connectivity index (χ2v) is 5.85. The fraction of sp³-hybridized carbons (Fsp3) is 0.316. The molecule has 2 unspecified atom stereocenters. The van der Waals surface area contributed by atoms with E-state index in [1.165, 1.54) is 11.1 Å². The SMILES string of the molecule is COc1ccc(C(=O)C2CC2c2ccccc2C)cc1C. The van der Waals surface area contributed by atoms with Gasteiger partial charge in [-0.2, -0.15) is 0 Å². The van der Waals surface area contributed by atoms with Crippen LogP contribution in [0.25, 0.3) is 0 Å². The number of hydrogen-bond acceptors (Lipinski definition) is 2. The molecule has 0 amide bonds. The summed E-state index contributed by atoms with van der Waals surface area (Å²) < 4.78 is 5.25. The minimum atomic E-state index is 0.138. The summed E-state index contributed by atoms with van der Waals surface area (Å²) in [6.07, 6.45) is 0.967. The van der Waals surface area contributed by atoms with Crippen molar-refractivity contribution >= 4 is 5.78 Å². The molecule has 2 heteroatoms. The lowest BCUT2D eigenvalue weighted by Gasteiger charge is -2.07. The van der Waals surface area contributed by atoms with E-state index in [1.54, 1.807) is 7.11 Å². The lowest BCUT2D eigenvalue weighted by Crippen LogP contribution is -2.04. The molecule has 2 nitrogen and oxygen atoms in total. The van der Waals surface area contributed by atoms with Crippen molar-refractivity contribution in [3.05, 3.63) is 64.7 Å². The monoisotopic (exact) mass is 280 g/mol. The van der Waals surface area contributed by atoms with E-state index in [0.717, 1.165) is 23.3 Å². The van der Waals surface area contributed by atoms with Gasteiger partial charge in [0.25, 0.3) is 0 Å². The number of hydrogen-bond donors (Lipinski definition) is 0. The quantitative estimate of drug-likeness (QED) is 0.781. The van der Waals surface area contributed by atoms with Crippen LogP contribution in [0, 0.1) is 19.8 Å². The standard InChI is InChI=1S/C19H20O2/c1-12-6-4-5-7-15(12)16-11-17(16)19(20)14-8-9-18(21-3)13(2)10-14/h4-10,16-17H,11H2,1-3H3. The van der Waals surface area contributed by atoms with Crippen LogP contribution in [0.1, 0.15) is 39.4 Å². The summed E-state index contributed by atoms with van der Waals surface area (Å²) in [5.74, 6) is 1.62. The van der Waals surface area contributed by atoms with Gasteiger partial charge in [-0.15, -0.1) is 0 Å². The molecular formula is C19H20O2. The normalized spacial score (nSPS) is 20.1. The zero-order valence-corrected chi connectivity index (χ0v) is 12.7. The highest BCUT2D eigenvalue weighted by atomic mass is 16.5. The fourth-order valence-electron chi connectivity index (χ4n) is 3.08. The van der Waals surface area contributed by atoms with Gasteiger partial charge in [0.1, 0.15) is 5.75 Å². The van der Waals surface area contributed by atoms with Crippen molar-refractivity contribution in [2.75, 3.05) is 7.11 Å². The van der Waals surface area contributed by atoms with Crippen molar-refractivity contribution < 1.29 is 9.53 Å². The van der Waals surface area contributed by atoms with Gasteiger partial charge in [0, 0.05) is 11.5 Å². The molecule has 1 aliphatic carbocycles. The number of ketones is 1. The van der Waals surface area contributed by atoms with Crippen LogP contribution in [0.2, 0.25) is 0 Å². The first-order chi connectivity index (χ1) is 10.1. The summed E-state index contributed by atoms with van der Waals surface area (Å²) in [6.45, 7) is 4.09. The number of Topliss-reactive ketones (excluding diaryl/α,β-unsaturated/α-hetero) is 1. The van der Waals surface area contributed by atoms with Gasteiger partial charge in [-0.25, -0.2) is 0 Å². The highest BCUT2D eigenvalue weighted by Crippen LogP contribution is 2.50. The number of benzene rings is 2. The van der Waals surface area contributed by atoms with Crippen molar-refractivity contribution in [2.24, 2.45) is 5.92 Å². The van der Waals surface area contributed by atoms with Crippen molar-refractivity contribution in [2.45, 2.75) is 26.2 Å². The zero-order chi connectivity index (χ0) is 15.0. The molecule has 0 spiro atoms. The van der Waals surface area contributed by atoms with E-state index in [1.807, 2.05) is 31.2 Å². The molecule has 21 heavy (non-hydrogen) atoms. The van der Waals surface area contributed by atoms with Crippen LogP contribution in [0.4, 0.5) is 0 Å². The van der Waals surface area contributed by atoms with E-state index in [-0.39, 0.29) is 11.7 Å². The third kappa shape index (κ3) is 2.58. The average molecular weight is 280 g/mol. The summed E-state index contributed by atoms with van der Waals surface area (Å²) in [7, 11) is 1.65. The summed E-state index contributed by atoms with van der Waals surface area (Å²) in [4.78, 5) is 12.6. The van der Waals surface area contributed by atoms with Crippen LogP contribution in [0.5, 0.6) is 5.75 Å². The molecule has 0 aromatic heterocycles. The number of ether oxygens (including phenoxy) is 1. The first kappa shape index (κ1) is 13.9. The molecule has 2 atom stereocenters. The van der Waals surface area contributed by atoms with E-state index in [2.05, 4.69) is 25.1 Å². The van der Waals surface area contributed by atoms with Crippen molar-refractivity contribution in [3.8, 4) is 5.75 Å². The molecule has 1 aliphatic rings. The molecule has 0 bridgehead atoms. The predicted molar refractivity (Wildman–Crippen MR) is 84.1 cm³/mol. The first-order valence-corrected chi connectivity index (χ1v) is 7.36. The zero-order valence-electron chi connectivity index (χ0n) is 12.7. The van der Waals surface area contributed by atoms with Crippen LogP contribution < -0.4 is 4.74 Å². The van der Waals surface area contributed by atoms with Crippen molar-refractivity contribution in [1.82, 2.24) is 0 Å². The van der Waals surface area contributed by atoms with E-state index in [4.69, 9.17) is 4.74 Å². The lowest BCUT2D eigenvalue weighted by atomic mass is 9.99. The minimum Gasteiger partial charge on any atom is -0.496 e. The Morgan fingerprint density at radius 3 is 2.52 bits per heavy atom. The van der Waals surface area contributed by atoms with Crippen molar-refractivity contribution in [1.29, 1.82) is 0 Å². The average Bonchev–Trinajstić information content (AvgIpc) is 3.27. The van der Waals surface area contributed by atoms with Crippen LogP contribution >= 0.6 is 0 Å². The third-order valence-electron chi connectivity index (χ3n) is 4.39. The predicted octanol–water partition coefficient (Wildman–Crippen LogP) is 4.30. The van der Waals surface area contributed by atoms with E-state index >= 15 is 0 Å². The van der Waals surface area contributed by atoms with E-state index in [0.29, 0.717) is 5.92 Å². The summed E-state index contributed by atoms with van der Waals surface area (Å²) in [6, 6.07) is 14.1. The molecule has 0 radical (unpaired) electrons. The molecule has 2 aromatic rings. The number of methoxy groups -OCH3 is 1. The smallest absolute Gasteiger partial charge is 0.166 e. The topological polar surface area (TPSA) is 26.3 Å². The molecule has 1 saturated carbocycles. The van der Waals surface area contributed by atoms with Gasteiger partial charge >= 0.3 is 0 Å². The largest absolute Gasteiger partial charge is 0.496 e. The third-order valence-corrected chi connectivity index (χ3v) is 4.39. The van der Waals surface area contributed by atoms with Gasteiger partial charge in [0.2, 0.25) is 0 Å². The Bertz CT molecular complexity index is 688. The lowest BCUT2D eigenvalue weighted by molar-refractivity contribution is 0.0965. The summed E-state index contributed by atoms with van der Waals surface area (Å²) >= 11 is 0. The Labute approximate surface area is 125 Å². The van der Waals surface area contributed by atoms with Gasteiger partial charge in [0.05, 0.1) is 7.11 Å². The number of rotatable bonds is 4. The maximum atomic E-state index is 12.6. The maximum Gasteiger partial charge on any atom is 0.166 e. The Morgan fingerprint density at radius 1 is 1.10 bits per heavy atom. The van der Waals surface area contributed by atoms with Crippen LogP contribution in [0.15, 0.2) is 42.5 Å². The Kier molecular flexibility index (Phi) is 3.54. The van der Waals surface area contributed by atoms with Crippen LogP contribution in [-0.2, 0) is 0 Å². The van der Waals surface area contributed by atoms with E-state index < -0.39 is 0 Å². The number of aryl methyl sites for hydroxylation is 2. The Balaban J connectivity index is 1.79. The van der Waals surface area contributed by atoms with Gasteiger partial charge in [0.15, 0.2) is 5.78 Å². The van der Waals surface area contributed by atoms with Gasteiger partial charge in [-0.3, -0.25) is 4.79 Å².